The van der Waals surface area contributed by atoms with Gasteiger partial charge in [-0.05, 0) is 74.4 Å². The van der Waals surface area contributed by atoms with Crippen LogP contribution in [0.25, 0.3) is 16.6 Å². The largest absolute Gasteiger partial charge is 0.332 e. The lowest BCUT2D eigenvalue weighted by molar-refractivity contribution is -0.135. The predicted octanol–water partition coefficient (Wildman–Crippen LogP) is 6.08. The maximum absolute atomic E-state index is 13.8. The van der Waals surface area contributed by atoms with E-state index in [2.05, 4.69) is 20.8 Å². The highest BCUT2D eigenvalue weighted by atomic mass is 35.5. The van der Waals surface area contributed by atoms with Gasteiger partial charge in [0.25, 0.3) is 5.56 Å². The zero-order chi connectivity index (χ0) is 23.7. The number of aromatic nitrogens is 2. The van der Waals surface area contributed by atoms with Crippen molar-refractivity contribution >= 4 is 28.4 Å². The highest BCUT2D eigenvalue weighted by molar-refractivity contribution is 6.30. The molecule has 0 saturated heterocycles. The van der Waals surface area contributed by atoms with Gasteiger partial charge in [0.05, 0.1) is 22.6 Å². The van der Waals surface area contributed by atoms with Gasteiger partial charge in [-0.2, -0.15) is 0 Å². The van der Waals surface area contributed by atoms with Gasteiger partial charge in [-0.3, -0.25) is 14.2 Å². The molecule has 174 valence electrons. The number of aryl methyl sites for hydroxylation is 1. The van der Waals surface area contributed by atoms with E-state index >= 15 is 0 Å². The SMILES string of the molecule is CCC(c1nc2ccccc2c(=O)n1-c1ccc(Cl)cc1C)N(CCC(C)C)C(=O)C1CC1. The molecule has 2 aromatic carbocycles. The van der Waals surface area contributed by atoms with E-state index < -0.39 is 0 Å². The molecule has 0 N–H and O–H groups in total. The van der Waals surface area contributed by atoms with Crippen LogP contribution in [0.15, 0.2) is 47.3 Å². The molecule has 33 heavy (non-hydrogen) atoms. The Morgan fingerprint density at radius 3 is 2.58 bits per heavy atom. The molecule has 4 rings (SSSR count). The normalized spacial score (nSPS) is 14.6. The summed E-state index contributed by atoms with van der Waals surface area (Å²) in [5, 5.41) is 1.18. The minimum atomic E-state index is -0.288. The van der Waals surface area contributed by atoms with Crippen LogP contribution in [0.5, 0.6) is 0 Å². The highest BCUT2D eigenvalue weighted by Crippen LogP contribution is 2.36. The van der Waals surface area contributed by atoms with Crippen molar-refractivity contribution in [1.29, 1.82) is 0 Å². The average Bonchev–Trinajstić information content (AvgIpc) is 3.62. The third kappa shape index (κ3) is 4.84. The highest BCUT2D eigenvalue weighted by Gasteiger charge is 2.37. The molecule has 1 amide bonds. The summed E-state index contributed by atoms with van der Waals surface area (Å²) in [5.41, 5.74) is 2.17. The first-order chi connectivity index (χ1) is 15.8. The molecule has 0 radical (unpaired) electrons. The van der Waals surface area contributed by atoms with Crippen molar-refractivity contribution in [2.24, 2.45) is 11.8 Å². The lowest BCUT2D eigenvalue weighted by Gasteiger charge is -2.33. The molecule has 0 bridgehead atoms. The molecule has 5 nitrogen and oxygen atoms in total. The Morgan fingerprint density at radius 1 is 1.21 bits per heavy atom. The number of carbonyl (C=O) groups is 1. The molecule has 3 aromatic rings. The van der Waals surface area contributed by atoms with Crippen molar-refractivity contribution in [3.8, 4) is 5.69 Å². The third-order valence-electron chi connectivity index (χ3n) is 6.42. The van der Waals surface area contributed by atoms with Crippen molar-refractivity contribution in [2.75, 3.05) is 6.54 Å². The second-order valence-electron chi connectivity index (χ2n) is 9.47. The fraction of sp³-hybridized carbons (Fsp3) is 0.444. The van der Waals surface area contributed by atoms with E-state index in [1.165, 1.54) is 0 Å². The molecule has 1 aliphatic carbocycles. The van der Waals surface area contributed by atoms with Gasteiger partial charge in [-0.15, -0.1) is 0 Å². The average molecular weight is 466 g/mol. The van der Waals surface area contributed by atoms with Gasteiger partial charge in [0.2, 0.25) is 5.91 Å². The number of hydrogen-bond acceptors (Lipinski definition) is 3. The number of halogens is 1. The Balaban J connectivity index is 1.94. The Hall–Kier alpha value is -2.66. The predicted molar refractivity (Wildman–Crippen MR) is 134 cm³/mol. The Bertz CT molecular complexity index is 1230. The van der Waals surface area contributed by atoms with Gasteiger partial charge in [0.1, 0.15) is 5.82 Å². The Labute approximate surface area is 200 Å². The molecule has 1 aliphatic rings. The number of benzene rings is 2. The fourth-order valence-corrected chi connectivity index (χ4v) is 4.63. The van der Waals surface area contributed by atoms with E-state index in [4.69, 9.17) is 16.6 Å². The summed E-state index contributed by atoms with van der Waals surface area (Å²) in [6.07, 6.45) is 3.48. The molecule has 0 aliphatic heterocycles. The summed E-state index contributed by atoms with van der Waals surface area (Å²) in [7, 11) is 0. The van der Waals surface area contributed by atoms with Gasteiger partial charge in [-0.1, -0.05) is 44.5 Å². The first-order valence-electron chi connectivity index (χ1n) is 11.9. The van der Waals surface area contributed by atoms with Gasteiger partial charge in [-0.25, -0.2) is 4.98 Å². The van der Waals surface area contributed by atoms with E-state index in [0.29, 0.717) is 40.6 Å². The van der Waals surface area contributed by atoms with E-state index in [1.54, 1.807) is 10.6 Å². The van der Waals surface area contributed by atoms with Crippen LogP contribution in [-0.2, 0) is 4.79 Å². The topological polar surface area (TPSA) is 55.2 Å². The minimum Gasteiger partial charge on any atom is -0.332 e. The number of rotatable bonds is 8. The van der Waals surface area contributed by atoms with Crippen LogP contribution in [0.1, 0.15) is 63.9 Å². The standard InChI is InChI=1S/C27H32ClN3O2/c1-5-23(30(15-14-17(2)3)26(32)19-10-11-19)25-29-22-9-7-6-8-21(22)27(33)31(25)24-13-12-20(28)16-18(24)4/h6-9,12-13,16-17,19,23H,5,10-11,14-15H2,1-4H3. The zero-order valence-electron chi connectivity index (χ0n) is 19.8. The van der Waals surface area contributed by atoms with Crippen LogP contribution in [0.2, 0.25) is 5.02 Å². The van der Waals surface area contributed by atoms with Crippen molar-refractivity contribution in [1.82, 2.24) is 14.5 Å². The van der Waals surface area contributed by atoms with Crippen LogP contribution in [0.4, 0.5) is 0 Å². The fourth-order valence-electron chi connectivity index (χ4n) is 4.40. The number of para-hydroxylation sites is 1. The maximum Gasteiger partial charge on any atom is 0.266 e. The third-order valence-corrected chi connectivity index (χ3v) is 6.65. The van der Waals surface area contributed by atoms with Crippen LogP contribution < -0.4 is 5.56 Å². The van der Waals surface area contributed by atoms with E-state index in [0.717, 1.165) is 30.5 Å². The first-order valence-corrected chi connectivity index (χ1v) is 12.3. The van der Waals surface area contributed by atoms with Gasteiger partial charge >= 0.3 is 0 Å². The second-order valence-corrected chi connectivity index (χ2v) is 9.91. The molecule has 1 fully saturated rings. The molecule has 0 spiro atoms. The summed E-state index contributed by atoms with van der Waals surface area (Å²) >= 11 is 6.22. The lowest BCUT2D eigenvalue weighted by Crippen LogP contribution is -2.40. The van der Waals surface area contributed by atoms with E-state index in [-0.39, 0.29) is 23.4 Å². The molecule has 1 saturated carbocycles. The number of amides is 1. The van der Waals surface area contributed by atoms with Gasteiger partial charge < -0.3 is 4.90 Å². The van der Waals surface area contributed by atoms with Gasteiger partial charge in [0.15, 0.2) is 0 Å². The van der Waals surface area contributed by atoms with Crippen LogP contribution in [-0.4, -0.2) is 26.9 Å². The molecule has 1 aromatic heterocycles. The second kappa shape index (κ2) is 9.68. The van der Waals surface area contributed by atoms with Crippen molar-refractivity contribution in [2.45, 2.75) is 59.4 Å². The summed E-state index contributed by atoms with van der Waals surface area (Å²) in [6.45, 7) is 9.00. The van der Waals surface area contributed by atoms with Crippen molar-refractivity contribution in [3.05, 3.63) is 69.2 Å². The van der Waals surface area contributed by atoms with Crippen molar-refractivity contribution < 1.29 is 4.79 Å². The lowest BCUT2D eigenvalue weighted by atomic mass is 10.1. The first kappa shape index (κ1) is 23.5. The minimum absolute atomic E-state index is 0.101. The van der Waals surface area contributed by atoms with Crippen LogP contribution in [0, 0.1) is 18.8 Å². The smallest absolute Gasteiger partial charge is 0.266 e. The van der Waals surface area contributed by atoms with Crippen LogP contribution in [0.3, 0.4) is 0 Å². The summed E-state index contributed by atoms with van der Waals surface area (Å²) in [6, 6.07) is 12.7. The van der Waals surface area contributed by atoms with Crippen molar-refractivity contribution in [3.63, 3.8) is 0 Å². The number of carbonyl (C=O) groups excluding carboxylic acids is 1. The molecule has 1 heterocycles. The summed E-state index contributed by atoms with van der Waals surface area (Å²) in [4.78, 5) is 34.2. The quantitative estimate of drug-likeness (QED) is 0.405. The molecular formula is C27H32ClN3O2. The zero-order valence-corrected chi connectivity index (χ0v) is 20.6. The molecule has 1 unspecified atom stereocenters. The molecular weight excluding hydrogens is 434 g/mol. The molecule has 6 heteroatoms. The van der Waals surface area contributed by atoms with E-state index in [1.807, 2.05) is 48.2 Å². The summed E-state index contributed by atoms with van der Waals surface area (Å²) < 4.78 is 1.70. The summed E-state index contributed by atoms with van der Waals surface area (Å²) in [5.74, 6) is 1.38. The number of nitrogens with zero attached hydrogens (tertiary/aromatic N) is 3. The number of hydrogen-bond donors (Lipinski definition) is 0. The van der Waals surface area contributed by atoms with E-state index in [9.17, 15) is 9.59 Å². The molecule has 1 atom stereocenters. The Kier molecular flexibility index (Phi) is 6.89. The maximum atomic E-state index is 13.8. The van der Waals surface area contributed by atoms with Crippen LogP contribution >= 0.6 is 11.6 Å². The monoisotopic (exact) mass is 465 g/mol. The number of fused-ring (bicyclic) bond motifs is 1. The van der Waals surface area contributed by atoms with Gasteiger partial charge in [0, 0.05) is 17.5 Å². The Morgan fingerprint density at radius 2 is 1.94 bits per heavy atom.